The fourth-order valence-electron chi connectivity index (χ4n) is 2.04. The smallest absolute Gasteiger partial charge is 0.263 e. The summed E-state index contributed by atoms with van der Waals surface area (Å²) in [6, 6.07) is 15.4. The average Bonchev–Trinajstić information content (AvgIpc) is 3.04. The van der Waals surface area contributed by atoms with Crippen LogP contribution in [0, 0.1) is 0 Å². The van der Waals surface area contributed by atoms with Crippen LogP contribution >= 0.6 is 0 Å². The second kappa shape index (κ2) is 6.13. The quantitative estimate of drug-likeness (QED) is 0.670. The standard InChI is InChI=1S/C17H14N2O2/c20-15(10-9-13-6-2-1-3-7-13)17-19-12-16(21-17)14-8-4-5-11-18-14/h1-8,11-12H,9-10H2. The molecule has 3 aromatic rings. The molecular formula is C17H14N2O2. The van der Waals surface area contributed by atoms with Crippen LogP contribution in [-0.4, -0.2) is 15.8 Å². The van der Waals surface area contributed by atoms with E-state index in [2.05, 4.69) is 9.97 Å². The summed E-state index contributed by atoms with van der Waals surface area (Å²) >= 11 is 0. The lowest BCUT2D eigenvalue weighted by Gasteiger charge is -1.98. The Hall–Kier alpha value is -2.75. The lowest BCUT2D eigenvalue weighted by atomic mass is 10.1. The Bertz CT molecular complexity index is 721. The molecule has 0 atom stereocenters. The molecule has 0 spiro atoms. The van der Waals surface area contributed by atoms with Crippen LogP contribution in [0.2, 0.25) is 0 Å². The fourth-order valence-corrected chi connectivity index (χ4v) is 2.04. The van der Waals surface area contributed by atoms with Crippen LogP contribution in [0.1, 0.15) is 22.7 Å². The first-order valence-corrected chi connectivity index (χ1v) is 6.77. The maximum atomic E-state index is 12.1. The molecule has 3 rings (SSSR count). The molecule has 1 aromatic carbocycles. The van der Waals surface area contributed by atoms with Crippen LogP contribution in [0.15, 0.2) is 65.3 Å². The number of carbonyl (C=O) groups excluding carboxylic acids is 1. The van der Waals surface area contributed by atoms with E-state index >= 15 is 0 Å². The Labute approximate surface area is 122 Å². The topological polar surface area (TPSA) is 56.0 Å². The minimum Gasteiger partial charge on any atom is -0.432 e. The summed E-state index contributed by atoms with van der Waals surface area (Å²) < 4.78 is 5.50. The van der Waals surface area contributed by atoms with Crippen molar-refractivity contribution in [3.63, 3.8) is 0 Å². The predicted octanol–water partition coefficient (Wildman–Crippen LogP) is 3.55. The molecule has 0 saturated carbocycles. The fraction of sp³-hybridized carbons (Fsp3) is 0.118. The zero-order valence-electron chi connectivity index (χ0n) is 11.4. The SMILES string of the molecule is O=C(CCc1ccccc1)c1ncc(-c2ccccn2)o1. The minimum atomic E-state index is -0.0963. The van der Waals surface area contributed by atoms with Gasteiger partial charge in [-0.25, -0.2) is 4.98 Å². The highest BCUT2D eigenvalue weighted by Gasteiger charge is 2.14. The number of Topliss-reactive ketones (excluding diaryl/α,β-unsaturated/α-hetero) is 1. The van der Waals surface area contributed by atoms with Gasteiger partial charge in [0, 0.05) is 12.6 Å². The molecule has 0 aliphatic heterocycles. The molecule has 4 heteroatoms. The zero-order chi connectivity index (χ0) is 14.5. The Morgan fingerprint density at radius 2 is 1.81 bits per heavy atom. The highest BCUT2D eigenvalue weighted by atomic mass is 16.4. The number of aromatic nitrogens is 2. The summed E-state index contributed by atoms with van der Waals surface area (Å²) in [6.45, 7) is 0. The van der Waals surface area contributed by atoms with Crippen LogP contribution in [0.5, 0.6) is 0 Å². The van der Waals surface area contributed by atoms with E-state index in [-0.39, 0.29) is 11.7 Å². The number of aryl methyl sites for hydroxylation is 1. The van der Waals surface area contributed by atoms with Gasteiger partial charge in [-0.15, -0.1) is 0 Å². The van der Waals surface area contributed by atoms with Crippen molar-refractivity contribution in [2.24, 2.45) is 0 Å². The average molecular weight is 278 g/mol. The van der Waals surface area contributed by atoms with E-state index in [0.29, 0.717) is 24.3 Å². The lowest BCUT2D eigenvalue weighted by Crippen LogP contribution is -2.01. The van der Waals surface area contributed by atoms with Gasteiger partial charge in [0.05, 0.1) is 6.20 Å². The van der Waals surface area contributed by atoms with Gasteiger partial charge in [-0.2, -0.15) is 0 Å². The third kappa shape index (κ3) is 3.23. The first kappa shape index (κ1) is 13.2. The first-order chi connectivity index (χ1) is 10.3. The van der Waals surface area contributed by atoms with Crippen molar-refractivity contribution in [2.45, 2.75) is 12.8 Å². The number of hydrogen-bond acceptors (Lipinski definition) is 4. The van der Waals surface area contributed by atoms with Crippen molar-refractivity contribution in [1.29, 1.82) is 0 Å². The largest absolute Gasteiger partial charge is 0.432 e. The lowest BCUT2D eigenvalue weighted by molar-refractivity contribution is 0.0950. The van der Waals surface area contributed by atoms with Gasteiger partial charge in [-0.05, 0) is 24.1 Å². The molecule has 4 nitrogen and oxygen atoms in total. The second-order valence-corrected chi connectivity index (χ2v) is 4.65. The summed E-state index contributed by atoms with van der Waals surface area (Å²) in [5, 5.41) is 0. The highest BCUT2D eigenvalue weighted by molar-refractivity contribution is 5.92. The highest BCUT2D eigenvalue weighted by Crippen LogP contribution is 2.18. The van der Waals surface area contributed by atoms with Crippen molar-refractivity contribution in [2.75, 3.05) is 0 Å². The number of nitrogens with zero attached hydrogens (tertiary/aromatic N) is 2. The third-order valence-electron chi connectivity index (χ3n) is 3.15. The van der Waals surface area contributed by atoms with Crippen molar-refractivity contribution in [3.8, 4) is 11.5 Å². The molecule has 0 radical (unpaired) electrons. The van der Waals surface area contributed by atoms with E-state index in [1.807, 2.05) is 48.5 Å². The van der Waals surface area contributed by atoms with Gasteiger partial charge in [-0.3, -0.25) is 9.78 Å². The van der Waals surface area contributed by atoms with Crippen LogP contribution in [0.25, 0.3) is 11.5 Å². The summed E-state index contributed by atoms with van der Waals surface area (Å²) in [5.41, 5.74) is 1.80. The van der Waals surface area contributed by atoms with Crippen molar-refractivity contribution < 1.29 is 9.21 Å². The summed E-state index contributed by atoms with van der Waals surface area (Å²) in [7, 11) is 0. The van der Waals surface area contributed by atoms with Crippen molar-refractivity contribution in [1.82, 2.24) is 9.97 Å². The maximum absolute atomic E-state index is 12.1. The summed E-state index contributed by atoms with van der Waals surface area (Å²) in [5.74, 6) is 0.561. The van der Waals surface area contributed by atoms with E-state index in [1.54, 1.807) is 6.20 Å². The van der Waals surface area contributed by atoms with Gasteiger partial charge in [0.1, 0.15) is 5.69 Å². The van der Waals surface area contributed by atoms with Gasteiger partial charge >= 0.3 is 0 Å². The molecule has 0 aliphatic carbocycles. The van der Waals surface area contributed by atoms with Gasteiger partial charge in [0.15, 0.2) is 5.76 Å². The number of hydrogen-bond donors (Lipinski definition) is 0. The van der Waals surface area contributed by atoms with Gasteiger partial charge in [0.25, 0.3) is 5.89 Å². The van der Waals surface area contributed by atoms with Crippen molar-refractivity contribution >= 4 is 5.78 Å². The molecule has 0 fully saturated rings. The molecule has 0 saturated heterocycles. The van der Waals surface area contributed by atoms with Crippen LogP contribution < -0.4 is 0 Å². The molecule has 2 heterocycles. The number of oxazole rings is 1. The van der Waals surface area contributed by atoms with E-state index in [9.17, 15) is 4.79 Å². The molecule has 104 valence electrons. The molecular weight excluding hydrogens is 264 g/mol. The molecule has 0 unspecified atom stereocenters. The molecule has 0 N–H and O–H groups in total. The van der Waals surface area contributed by atoms with Gasteiger partial charge < -0.3 is 4.42 Å². The van der Waals surface area contributed by atoms with E-state index < -0.39 is 0 Å². The number of ketones is 1. The monoisotopic (exact) mass is 278 g/mol. The van der Waals surface area contributed by atoms with E-state index in [4.69, 9.17) is 4.42 Å². The zero-order valence-corrected chi connectivity index (χ0v) is 11.4. The molecule has 21 heavy (non-hydrogen) atoms. The number of rotatable bonds is 5. The minimum absolute atomic E-state index is 0.0963. The number of pyridine rings is 1. The first-order valence-electron chi connectivity index (χ1n) is 6.77. The van der Waals surface area contributed by atoms with E-state index in [1.165, 1.54) is 6.20 Å². The second-order valence-electron chi connectivity index (χ2n) is 4.65. The number of benzene rings is 1. The summed E-state index contributed by atoms with van der Waals surface area (Å²) in [4.78, 5) is 20.3. The Morgan fingerprint density at radius 3 is 2.57 bits per heavy atom. The van der Waals surface area contributed by atoms with Gasteiger partial charge in [0.2, 0.25) is 5.78 Å². The predicted molar refractivity (Wildman–Crippen MR) is 78.8 cm³/mol. The van der Waals surface area contributed by atoms with Gasteiger partial charge in [-0.1, -0.05) is 36.4 Å². The van der Waals surface area contributed by atoms with Crippen LogP contribution in [0.3, 0.4) is 0 Å². The van der Waals surface area contributed by atoms with Crippen molar-refractivity contribution in [3.05, 3.63) is 72.4 Å². The maximum Gasteiger partial charge on any atom is 0.263 e. The van der Waals surface area contributed by atoms with E-state index in [0.717, 1.165) is 5.56 Å². The van der Waals surface area contributed by atoms with Crippen LogP contribution in [0.4, 0.5) is 0 Å². The Balaban J connectivity index is 1.67. The third-order valence-corrected chi connectivity index (χ3v) is 3.15. The number of carbonyl (C=O) groups is 1. The molecule has 0 aliphatic rings. The Kier molecular flexibility index (Phi) is 3.87. The molecule has 2 aromatic heterocycles. The molecule has 0 bridgehead atoms. The normalized spacial score (nSPS) is 10.5. The summed E-state index contributed by atoms with van der Waals surface area (Å²) in [6.07, 6.45) is 4.28. The Morgan fingerprint density at radius 1 is 1.00 bits per heavy atom. The van der Waals surface area contributed by atoms with Crippen LogP contribution in [-0.2, 0) is 6.42 Å². The molecule has 0 amide bonds.